The van der Waals surface area contributed by atoms with Crippen molar-refractivity contribution in [1.82, 2.24) is 14.8 Å². The molecule has 172 valence electrons. The van der Waals surface area contributed by atoms with Crippen LogP contribution in [0, 0.1) is 5.41 Å². The quantitative estimate of drug-likeness (QED) is 0.370. The Morgan fingerprint density at radius 3 is 2.66 bits per heavy atom. The predicted molar refractivity (Wildman–Crippen MR) is 129 cm³/mol. The van der Waals surface area contributed by atoms with E-state index >= 15 is 0 Å². The standard InChI is InChI=1S/C25H34N4O2S/c1-5-7-8-13-31-18-11-9-17(10-12-18)22-21-19(15-25(3,4)16-20(21)30)26-23-27-24(28-29(22)23)32-14-6-2/h9-12,22H,5-8,13-16H2,1-4H3,(H,26,27,28). The van der Waals surface area contributed by atoms with Gasteiger partial charge in [-0.1, -0.05) is 64.4 Å². The van der Waals surface area contributed by atoms with Crippen LogP contribution in [0.3, 0.4) is 0 Å². The summed E-state index contributed by atoms with van der Waals surface area (Å²) >= 11 is 1.65. The second-order valence-corrected chi connectivity index (χ2v) is 10.6. The van der Waals surface area contributed by atoms with Crippen LogP contribution in [-0.2, 0) is 4.79 Å². The molecule has 0 saturated carbocycles. The zero-order chi connectivity index (χ0) is 22.7. The van der Waals surface area contributed by atoms with Crippen molar-refractivity contribution < 1.29 is 9.53 Å². The maximum atomic E-state index is 13.3. The van der Waals surface area contributed by atoms with E-state index < -0.39 is 0 Å². The molecule has 6 nitrogen and oxygen atoms in total. The molecule has 1 aromatic heterocycles. The first kappa shape index (κ1) is 22.9. The fourth-order valence-electron chi connectivity index (χ4n) is 4.44. The van der Waals surface area contributed by atoms with Crippen LogP contribution in [0.1, 0.15) is 77.8 Å². The summed E-state index contributed by atoms with van der Waals surface area (Å²) in [5.41, 5.74) is 2.78. The third kappa shape index (κ3) is 4.87. The van der Waals surface area contributed by atoms with Crippen LogP contribution in [0.5, 0.6) is 5.75 Å². The minimum Gasteiger partial charge on any atom is -0.494 e. The van der Waals surface area contributed by atoms with E-state index in [0.717, 1.165) is 65.3 Å². The molecule has 0 spiro atoms. The summed E-state index contributed by atoms with van der Waals surface area (Å²) in [6, 6.07) is 7.87. The molecule has 0 radical (unpaired) electrons. The van der Waals surface area contributed by atoms with E-state index in [0.29, 0.717) is 6.42 Å². The molecule has 0 amide bonds. The molecule has 0 fully saturated rings. The Morgan fingerprint density at radius 2 is 1.94 bits per heavy atom. The van der Waals surface area contributed by atoms with E-state index in [1.165, 1.54) is 12.8 Å². The van der Waals surface area contributed by atoms with Crippen molar-refractivity contribution in [2.75, 3.05) is 17.7 Å². The predicted octanol–water partition coefficient (Wildman–Crippen LogP) is 6.01. The molecule has 2 aromatic rings. The Morgan fingerprint density at radius 1 is 1.16 bits per heavy atom. The van der Waals surface area contributed by atoms with Gasteiger partial charge in [0.15, 0.2) is 5.78 Å². The highest BCUT2D eigenvalue weighted by Crippen LogP contribution is 2.45. The Labute approximate surface area is 195 Å². The van der Waals surface area contributed by atoms with E-state index in [1.807, 2.05) is 16.8 Å². The van der Waals surface area contributed by atoms with Gasteiger partial charge in [-0.15, -0.1) is 5.10 Å². The Kier molecular flexibility index (Phi) is 6.93. The number of Topliss-reactive ketones (excluding diaryl/α,β-unsaturated/α-hetero) is 1. The Balaban J connectivity index is 1.67. The number of anilines is 1. The summed E-state index contributed by atoms with van der Waals surface area (Å²) < 4.78 is 7.79. The summed E-state index contributed by atoms with van der Waals surface area (Å²) in [6.07, 6.45) is 5.85. The molecule has 1 aliphatic heterocycles. The molecule has 4 rings (SSSR count). The van der Waals surface area contributed by atoms with Crippen LogP contribution >= 0.6 is 11.8 Å². The second kappa shape index (κ2) is 9.69. The van der Waals surface area contributed by atoms with Crippen molar-refractivity contribution in [3.05, 3.63) is 41.1 Å². The number of carbonyl (C=O) groups excluding carboxylic acids is 1. The van der Waals surface area contributed by atoms with E-state index in [2.05, 4.69) is 45.1 Å². The lowest BCUT2D eigenvalue weighted by molar-refractivity contribution is -0.118. The first-order chi connectivity index (χ1) is 15.4. The molecule has 32 heavy (non-hydrogen) atoms. The monoisotopic (exact) mass is 454 g/mol. The molecule has 2 aliphatic rings. The van der Waals surface area contributed by atoms with Crippen LogP contribution in [-0.4, -0.2) is 32.9 Å². The van der Waals surface area contributed by atoms with Gasteiger partial charge in [0.25, 0.3) is 0 Å². The number of nitrogens with one attached hydrogen (secondary N) is 1. The van der Waals surface area contributed by atoms with Gasteiger partial charge in [-0.25, -0.2) is 4.68 Å². The smallest absolute Gasteiger partial charge is 0.227 e. The fraction of sp³-hybridized carbons (Fsp3) is 0.560. The first-order valence-electron chi connectivity index (χ1n) is 11.8. The molecular formula is C25H34N4O2S. The lowest BCUT2D eigenvalue weighted by Crippen LogP contribution is -2.36. The molecule has 7 heteroatoms. The lowest BCUT2D eigenvalue weighted by atomic mass is 9.73. The van der Waals surface area contributed by atoms with Crippen molar-refractivity contribution in [3.63, 3.8) is 0 Å². The van der Waals surface area contributed by atoms with Crippen molar-refractivity contribution in [2.24, 2.45) is 5.41 Å². The highest BCUT2D eigenvalue weighted by atomic mass is 32.2. The van der Waals surface area contributed by atoms with Gasteiger partial charge in [0.2, 0.25) is 11.1 Å². The molecule has 1 aromatic carbocycles. The minimum atomic E-state index is -0.262. The number of nitrogens with zero attached hydrogens (tertiary/aromatic N) is 3. The maximum absolute atomic E-state index is 13.3. The fourth-order valence-corrected chi connectivity index (χ4v) is 5.12. The second-order valence-electron chi connectivity index (χ2n) is 9.50. The van der Waals surface area contributed by atoms with Gasteiger partial charge in [0.05, 0.1) is 6.61 Å². The van der Waals surface area contributed by atoms with Gasteiger partial charge in [0.1, 0.15) is 11.8 Å². The number of benzene rings is 1. The third-order valence-corrected chi connectivity index (χ3v) is 7.00. The Bertz CT molecular complexity index is 994. The summed E-state index contributed by atoms with van der Waals surface area (Å²) in [4.78, 5) is 18.0. The molecule has 1 unspecified atom stereocenters. The largest absolute Gasteiger partial charge is 0.494 e. The van der Waals surface area contributed by atoms with Gasteiger partial charge >= 0.3 is 0 Å². The molecular weight excluding hydrogens is 420 g/mol. The van der Waals surface area contributed by atoms with Crippen molar-refractivity contribution in [2.45, 2.75) is 77.4 Å². The highest BCUT2D eigenvalue weighted by Gasteiger charge is 2.41. The number of rotatable bonds is 9. The lowest BCUT2D eigenvalue weighted by Gasteiger charge is -2.38. The van der Waals surface area contributed by atoms with Crippen LogP contribution in [0.2, 0.25) is 0 Å². The van der Waals surface area contributed by atoms with Crippen LogP contribution in [0.25, 0.3) is 0 Å². The molecule has 2 heterocycles. The third-order valence-electron chi connectivity index (χ3n) is 5.96. The summed E-state index contributed by atoms with van der Waals surface area (Å²) in [7, 11) is 0. The maximum Gasteiger partial charge on any atom is 0.227 e. The normalized spacial score (nSPS) is 19.4. The van der Waals surface area contributed by atoms with E-state index in [1.54, 1.807) is 11.8 Å². The molecule has 0 bridgehead atoms. The average Bonchev–Trinajstić information content (AvgIpc) is 3.16. The number of fused-ring (bicyclic) bond motifs is 1. The molecule has 0 saturated heterocycles. The van der Waals surface area contributed by atoms with Gasteiger partial charge < -0.3 is 10.1 Å². The molecule has 1 atom stereocenters. The number of thioether (sulfide) groups is 1. The summed E-state index contributed by atoms with van der Waals surface area (Å²) in [5, 5.41) is 8.98. The van der Waals surface area contributed by atoms with Crippen LogP contribution in [0.15, 0.2) is 40.7 Å². The number of hydrogen-bond donors (Lipinski definition) is 1. The van der Waals surface area contributed by atoms with Crippen LogP contribution < -0.4 is 10.1 Å². The Hall–Kier alpha value is -2.28. The topological polar surface area (TPSA) is 69.0 Å². The van der Waals surface area contributed by atoms with E-state index in [-0.39, 0.29) is 17.2 Å². The number of allylic oxidation sites excluding steroid dienone is 2. The van der Waals surface area contributed by atoms with Crippen molar-refractivity contribution >= 4 is 23.5 Å². The number of ether oxygens (including phenoxy) is 1. The molecule has 1 N–H and O–H groups in total. The van der Waals surface area contributed by atoms with Crippen LogP contribution in [0.4, 0.5) is 5.95 Å². The van der Waals surface area contributed by atoms with Crippen molar-refractivity contribution in [1.29, 1.82) is 0 Å². The molecule has 1 aliphatic carbocycles. The summed E-state index contributed by atoms with van der Waals surface area (Å²) in [5.74, 6) is 2.74. The SMILES string of the molecule is CCCCCOc1ccc(C2C3=C(CC(C)(C)CC3=O)Nc3nc(SCCC)nn32)cc1. The highest BCUT2D eigenvalue weighted by molar-refractivity contribution is 7.99. The van der Waals surface area contributed by atoms with E-state index in [4.69, 9.17) is 14.8 Å². The van der Waals surface area contributed by atoms with Crippen molar-refractivity contribution in [3.8, 4) is 5.75 Å². The van der Waals surface area contributed by atoms with Gasteiger partial charge in [0, 0.05) is 23.4 Å². The minimum absolute atomic E-state index is 0.0639. The number of ketones is 1. The first-order valence-corrected chi connectivity index (χ1v) is 12.8. The van der Waals surface area contributed by atoms with Gasteiger partial charge in [-0.05, 0) is 42.4 Å². The van der Waals surface area contributed by atoms with E-state index in [9.17, 15) is 4.79 Å². The number of carbonyl (C=O) groups is 1. The number of hydrogen-bond acceptors (Lipinski definition) is 6. The summed E-state index contributed by atoms with van der Waals surface area (Å²) in [6.45, 7) is 9.37. The average molecular weight is 455 g/mol. The zero-order valence-electron chi connectivity index (χ0n) is 19.6. The number of unbranched alkanes of at least 4 members (excludes halogenated alkanes) is 2. The number of aromatic nitrogens is 3. The zero-order valence-corrected chi connectivity index (χ0v) is 20.4. The van der Waals surface area contributed by atoms with Gasteiger partial charge in [-0.2, -0.15) is 4.98 Å². The van der Waals surface area contributed by atoms with Gasteiger partial charge in [-0.3, -0.25) is 4.79 Å².